The summed E-state index contributed by atoms with van der Waals surface area (Å²) in [6.07, 6.45) is 2.06. The quantitative estimate of drug-likeness (QED) is 0.645. The molecule has 0 bridgehead atoms. The van der Waals surface area contributed by atoms with E-state index in [-0.39, 0.29) is 0 Å². The van der Waals surface area contributed by atoms with Crippen molar-refractivity contribution >= 4 is 27.8 Å². The summed E-state index contributed by atoms with van der Waals surface area (Å²) in [5.41, 5.74) is 2.09. The molecule has 1 saturated heterocycles. The third kappa shape index (κ3) is 3.46. The van der Waals surface area contributed by atoms with E-state index in [1.807, 2.05) is 23.7 Å². The van der Waals surface area contributed by atoms with Gasteiger partial charge in [-0.2, -0.15) is 0 Å². The summed E-state index contributed by atoms with van der Waals surface area (Å²) in [5.74, 6) is 0. The predicted molar refractivity (Wildman–Crippen MR) is 83.9 cm³/mol. The first-order chi connectivity index (χ1) is 10.2. The van der Waals surface area contributed by atoms with E-state index in [1.54, 1.807) is 11.3 Å². The molecule has 1 fully saturated rings. The number of aryl methyl sites for hydroxylation is 2. The third-order valence-electron chi connectivity index (χ3n) is 3.41. The molecule has 0 atom stereocenters. The van der Waals surface area contributed by atoms with Crippen molar-refractivity contribution < 1.29 is 9.30 Å². The molecule has 1 aromatic carbocycles. The van der Waals surface area contributed by atoms with E-state index in [0.717, 1.165) is 37.1 Å². The summed E-state index contributed by atoms with van der Waals surface area (Å²) in [6, 6.07) is 8.21. The maximum absolute atomic E-state index is 5.37. The van der Waals surface area contributed by atoms with Crippen LogP contribution in [0.2, 0.25) is 0 Å². The first-order valence-corrected chi connectivity index (χ1v) is 7.84. The number of morpholine rings is 1. The minimum atomic E-state index is 0.801. The van der Waals surface area contributed by atoms with Gasteiger partial charge in [0.1, 0.15) is 11.9 Å². The van der Waals surface area contributed by atoms with Crippen molar-refractivity contribution in [2.75, 3.05) is 31.2 Å². The molecule has 0 radical (unpaired) electrons. The van der Waals surface area contributed by atoms with E-state index < -0.39 is 0 Å². The van der Waals surface area contributed by atoms with Gasteiger partial charge in [-0.05, 0) is 47.6 Å². The van der Waals surface area contributed by atoms with Gasteiger partial charge in [0.25, 0.3) is 0 Å². The maximum Gasteiger partial charge on any atom is 0.408 e. The van der Waals surface area contributed by atoms with Gasteiger partial charge < -0.3 is 9.64 Å². The predicted octanol–water partition coefficient (Wildman–Crippen LogP) is 3.13. The Balaban J connectivity index is 1.70. The molecule has 1 aromatic heterocycles. The molecule has 21 heavy (non-hydrogen) atoms. The average Bonchev–Trinajstić information content (AvgIpc) is 2.84. The van der Waals surface area contributed by atoms with Crippen LogP contribution in [0.3, 0.4) is 0 Å². The third-order valence-corrected chi connectivity index (χ3v) is 4.39. The van der Waals surface area contributed by atoms with Gasteiger partial charge in [0, 0.05) is 23.7 Å². The van der Waals surface area contributed by atoms with Crippen LogP contribution in [0.5, 0.6) is 0 Å². The molecule has 110 valence electrons. The maximum atomic E-state index is 5.37. The first-order valence-electron chi connectivity index (χ1n) is 7.03. The normalized spacial score (nSPS) is 15.8. The Bertz CT molecular complexity index is 630. The van der Waals surface area contributed by atoms with Crippen molar-refractivity contribution in [1.82, 2.24) is 0 Å². The fraction of sp³-hybridized carbons (Fsp3) is 0.400. The highest BCUT2D eigenvalue weighted by atomic mass is 32.1. The molecule has 0 aliphatic carbocycles. The fourth-order valence-electron chi connectivity index (χ4n) is 2.31. The molecule has 0 saturated carbocycles. The second-order valence-electron chi connectivity index (χ2n) is 5.05. The zero-order valence-electron chi connectivity index (χ0n) is 12.3. The largest absolute Gasteiger partial charge is 0.408 e. The van der Waals surface area contributed by atoms with Crippen molar-refractivity contribution in [3.8, 4) is 0 Å². The molecule has 5 nitrogen and oxygen atoms in total. The molecule has 2 heterocycles. The average molecular weight is 303 g/mol. The molecule has 3 rings (SSSR count). The van der Waals surface area contributed by atoms with Crippen LogP contribution in [0.15, 0.2) is 40.7 Å². The monoisotopic (exact) mass is 303 g/mol. The summed E-state index contributed by atoms with van der Waals surface area (Å²) < 4.78 is 7.36. The molecule has 0 spiro atoms. The van der Waals surface area contributed by atoms with Gasteiger partial charge in [-0.25, -0.2) is 4.57 Å². The Labute approximate surface area is 128 Å². The van der Waals surface area contributed by atoms with Crippen LogP contribution < -0.4 is 9.47 Å². The number of nitrogens with zero attached hydrogens (tertiary/aromatic N) is 4. The molecule has 1 aliphatic rings. The van der Waals surface area contributed by atoms with Crippen molar-refractivity contribution in [1.29, 1.82) is 0 Å². The number of hydrogen-bond donors (Lipinski definition) is 0. The van der Waals surface area contributed by atoms with Gasteiger partial charge in [0.05, 0.1) is 25.4 Å². The molecular formula is C15H19N4OS+. The molecule has 6 heteroatoms. The topological polar surface area (TPSA) is 41.1 Å². The van der Waals surface area contributed by atoms with Crippen molar-refractivity contribution in [2.24, 2.45) is 17.3 Å². The number of aromatic nitrogens is 1. The Morgan fingerprint density at radius 2 is 1.86 bits per heavy atom. The van der Waals surface area contributed by atoms with Gasteiger partial charge in [-0.3, -0.25) is 0 Å². The first kappa shape index (κ1) is 14.2. The van der Waals surface area contributed by atoms with Crippen LogP contribution >= 0.6 is 11.3 Å². The van der Waals surface area contributed by atoms with Crippen LogP contribution in [0, 0.1) is 6.92 Å². The van der Waals surface area contributed by atoms with E-state index in [0.29, 0.717) is 0 Å². The smallest absolute Gasteiger partial charge is 0.378 e. The Kier molecular flexibility index (Phi) is 4.26. The molecule has 0 amide bonds. The van der Waals surface area contributed by atoms with E-state index in [9.17, 15) is 0 Å². The van der Waals surface area contributed by atoms with Crippen molar-refractivity contribution in [3.05, 3.63) is 35.3 Å². The standard InChI is InChI=1S/C15H19N4OS/c1-12-11-18(2)15(21-12)17-16-13-3-5-14(6-4-13)19-7-9-20-10-8-19/h3-6,11H,7-10H2,1-2H3/q+1. The lowest BCUT2D eigenvalue weighted by Gasteiger charge is -2.28. The van der Waals surface area contributed by atoms with Crippen LogP contribution in [0.4, 0.5) is 16.5 Å². The molecule has 1 aliphatic heterocycles. The highest BCUT2D eigenvalue weighted by molar-refractivity contribution is 7.14. The second-order valence-corrected chi connectivity index (χ2v) is 6.26. The Morgan fingerprint density at radius 1 is 1.14 bits per heavy atom. The summed E-state index contributed by atoms with van der Waals surface area (Å²) in [6.45, 7) is 5.57. The zero-order chi connectivity index (χ0) is 14.7. The lowest BCUT2D eigenvalue weighted by Crippen LogP contribution is -2.36. The van der Waals surface area contributed by atoms with Gasteiger partial charge in [0.15, 0.2) is 0 Å². The van der Waals surface area contributed by atoms with E-state index in [1.165, 1.54) is 10.6 Å². The Hall–Kier alpha value is -1.79. The van der Waals surface area contributed by atoms with E-state index in [4.69, 9.17) is 4.74 Å². The lowest BCUT2D eigenvalue weighted by atomic mass is 10.2. The van der Waals surface area contributed by atoms with Gasteiger partial charge in [-0.1, -0.05) is 0 Å². The fourth-order valence-corrected chi connectivity index (χ4v) is 3.09. The highest BCUT2D eigenvalue weighted by Crippen LogP contribution is 2.24. The summed E-state index contributed by atoms with van der Waals surface area (Å²) >= 11 is 1.64. The lowest BCUT2D eigenvalue weighted by molar-refractivity contribution is -0.654. The SMILES string of the molecule is Cc1c[n+](C)c(/N=N/c2ccc(N3CCOCC3)cc2)s1. The number of benzene rings is 1. The number of anilines is 1. The van der Waals surface area contributed by atoms with Crippen LogP contribution in [-0.2, 0) is 11.8 Å². The zero-order valence-corrected chi connectivity index (χ0v) is 13.1. The Morgan fingerprint density at radius 3 is 2.48 bits per heavy atom. The van der Waals surface area contributed by atoms with Crippen molar-refractivity contribution in [2.45, 2.75) is 6.92 Å². The number of thiazole rings is 1. The number of azo groups is 1. The second kappa shape index (κ2) is 6.32. The van der Waals surface area contributed by atoms with Crippen LogP contribution in [-0.4, -0.2) is 26.3 Å². The minimum Gasteiger partial charge on any atom is -0.378 e. The van der Waals surface area contributed by atoms with Gasteiger partial charge in [-0.15, -0.1) is 0 Å². The number of ether oxygens (including phenoxy) is 1. The van der Waals surface area contributed by atoms with Crippen LogP contribution in [0.1, 0.15) is 4.88 Å². The van der Waals surface area contributed by atoms with Crippen molar-refractivity contribution in [3.63, 3.8) is 0 Å². The number of hydrogen-bond acceptors (Lipinski definition) is 5. The molecular weight excluding hydrogens is 284 g/mol. The minimum absolute atomic E-state index is 0.801. The number of rotatable bonds is 3. The molecule has 0 unspecified atom stereocenters. The highest BCUT2D eigenvalue weighted by Gasteiger charge is 2.12. The van der Waals surface area contributed by atoms with E-state index >= 15 is 0 Å². The van der Waals surface area contributed by atoms with Gasteiger partial charge >= 0.3 is 5.13 Å². The summed E-state index contributed by atoms with van der Waals surface area (Å²) in [7, 11) is 1.99. The summed E-state index contributed by atoms with van der Waals surface area (Å²) in [5, 5.41) is 9.53. The molecule has 0 N–H and O–H groups in total. The summed E-state index contributed by atoms with van der Waals surface area (Å²) in [4.78, 5) is 3.56. The van der Waals surface area contributed by atoms with Crippen LogP contribution in [0.25, 0.3) is 0 Å². The van der Waals surface area contributed by atoms with Gasteiger partial charge in [0.2, 0.25) is 0 Å². The van der Waals surface area contributed by atoms with E-state index in [2.05, 4.69) is 40.4 Å². The molecule has 2 aromatic rings.